The highest BCUT2D eigenvalue weighted by Crippen LogP contribution is 2.41. The van der Waals surface area contributed by atoms with Gasteiger partial charge in [0.1, 0.15) is 0 Å². The van der Waals surface area contributed by atoms with E-state index in [9.17, 15) is 0 Å². The number of anilines is 3. The molecule has 0 amide bonds. The molecule has 10 aromatic rings. The van der Waals surface area contributed by atoms with Crippen LogP contribution in [0.3, 0.4) is 0 Å². The van der Waals surface area contributed by atoms with E-state index < -0.39 is 0 Å². The zero-order valence-corrected chi connectivity index (χ0v) is 33.2. The first kappa shape index (κ1) is 35.5. The number of allylic oxidation sites excluding steroid dienone is 4. The van der Waals surface area contributed by atoms with E-state index in [1.54, 1.807) is 0 Å². The largest absolute Gasteiger partial charge is 0.310 e. The maximum atomic E-state index is 2.40. The fourth-order valence-electron chi connectivity index (χ4n) is 9.18. The zero-order valence-electron chi connectivity index (χ0n) is 33.2. The fourth-order valence-corrected chi connectivity index (χ4v) is 9.18. The predicted octanol–water partition coefficient (Wildman–Crippen LogP) is 16.0. The fraction of sp³-hybridized carbons (Fsp3) is 0.0345. The summed E-state index contributed by atoms with van der Waals surface area (Å²) in [5.74, 6) is 0. The monoisotopic (exact) mass is 766 g/mol. The van der Waals surface area contributed by atoms with Crippen molar-refractivity contribution in [2.24, 2.45) is 0 Å². The Balaban J connectivity index is 0.987. The van der Waals surface area contributed by atoms with Gasteiger partial charge in [-0.15, -0.1) is 0 Å². The Morgan fingerprint density at radius 2 is 0.933 bits per heavy atom. The third-order valence-electron chi connectivity index (χ3n) is 12.0. The summed E-state index contributed by atoms with van der Waals surface area (Å²) in [7, 11) is 0. The Hall–Kier alpha value is -7.68. The maximum absolute atomic E-state index is 2.40. The summed E-state index contributed by atoms with van der Waals surface area (Å²) < 4.78 is 2.39. The molecule has 0 unspecified atom stereocenters. The van der Waals surface area contributed by atoms with Gasteiger partial charge in [0, 0.05) is 33.5 Å². The first-order valence-corrected chi connectivity index (χ1v) is 20.9. The molecule has 0 saturated heterocycles. The molecular weight excluding hydrogens is 725 g/mol. The highest BCUT2D eigenvalue weighted by molar-refractivity contribution is 6.09. The summed E-state index contributed by atoms with van der Waals surface area (Å²) in [6, 6.07) is 79.4. The number of para-hydroxylation sites is 2. The van der Waals surface area contributed by atoms with Crippen molar-refractivity contribution in [3.63, 3.8) is 0 Å². The molecule has 11 rings (SSSR count). The van der Waals surface area contributed by atoms with Gasteiger partial charge >= 0.3 is 0 Å². The summed E-state index contributed by atoms with van der Waals surface area (Å²) in [5.41, 5.74) is 16.8. The summed E-state index contributed by atoms with van der Waals surface area (Å²) in [4.78, 5) is 2.39. The molecule has 1 aromatic heterocycles. The standard InChI is InChI=1S/C58H42N2/c1-2-15-41(16-3-1)45-20-11-24-50(38-45)59(49-35-33-42(34-36-49)44-19-10-23-48(37-44)54-30-14-18-43-17-4-5-27-53(43)54)51-25-12-21-46(39-51)47-22-13-26-52(40-47)60-57-31-8-6-28-55(57)56-29-7-9-32-58(56)60/h1-9,11-22,24-40H,10,23H2. The van der Waals surface area contributed by atoms with Gasteiger partial charge in [0.05, 0.1) is 11.0 Å². The molecule has 1 aliphatic rings. The maximum Gasteiger partial charge on any atom is 0.0541 e. The molecule has 60 heavy (non-hydrogen) atoms. The van der Waals surface area contributed by atoms with Crippen LogP contribution in [0.15, 0.2) is 231 Å². The van der Waals surface area contributed by atoms with Gasteiger partial charge < -0.3 is 9.47 Å². The minimum absolute atomic E-state index is 1.02. The van der Waals surface area contributed by atoms with E-state index in [1.807, 2.05) is 0 Å². The number of rotatable bonds is 8. The van der Waals surface area contributed by atoms with Crippen LogP contribution < -0.4 is 4.90 Å². The summed E-state index contributed by atoms with van der Waals surface area (Å²) >= 11 is 0. The molecule has 1 heterocycles. The molecule has 1 aliphatic carbocycles. The molecule has 2 nitrogen and oxygen atoms in total. The van der Waals surface area contributed by atoms with Gasteiger partial charge in [0.15, 0.2) is 0 Å². The third-order valence-corrected chi connectivity index (χ3v) is 12.0. The second kappa shape index (κ2) is 15.2. The van der Waals surface area contributed by atoms with E-state index in [0.717, 1.165) is 41.2 Å². The van der Waals surface area contributed by atoms with Crippen LogP contribution >= 0.6 is 0 Å². The van der Waals surface area contributed by atoms with Gasteiger partial charge in [-0.2, -0.15) is 0 Å². The Morgan fingerprint density at radius 1 is 0.383 bits per heavy atom. The number of nitrogens with zero attached hydrogens (tertiary/aromatic N) is 2. The number of hydrogen-bond acceptors (Lipinski definition) is 1. The van der Waals surface area contributed by atoms with Crippen LogP contribution in [0.4, 0.5) is 17.1 Å². The van der Waals surface area contributed by atoms with Crippen molar-refractivity contribution in [3.05, 3.63) is 242 Å². The number of benzene rings is 9. The van der Waals surface area contributed by atoms with E-state index in [-0.39, 0.29) is 0 Å². The molecule has 0 radical (unpaired) electrons. The van der Waals surface area contributed by atoms with E-state index in [1.165, 1.54) is 71.5 Å². The highest BCUT2D eigenvalue weighted by atomic mass is 15.1. The van der Waals surface area contributed by atoms with Crippen molar-refractivity contribution in [2.45, 2.75) is 12.8 Å². The Morgan fingerprint density at radius 3 is 1.65 bits per heavy atom. The Bertz CT molecular complexity index is 3200. The number of aromatic nitrogens is 1. The average Bonchev–Trinajstić information content (AvgIpc) is 3.67. The summed E-state index contributed by atoms with van der Waals surface area (Å²) in [5, 5.41) is 5.13. The SMILES string of the molecule is C1=C(c2ccc(N(c3cccc(-c4ccccc4)c3)c3cccc(-c4cccc(-n5c6ccccc6c6ccccc65)c4)c3)cc2)C=C(c2cccc3ccccc23)CC1. The van der Waals surface area contributed by atoms with Crippen LogP contribution in [0.2, 0.25) is 0 Å². The van der Waals surface area contributed by atoms with Crippen LogP contribution in [-0.4, -0.2) is 4.57 Å². The molecule has 0 bridgehead atoms. The van der Waals surface area contributed by atoms with Crippen molar-refractivity contribution >= 4 is 60.8 Å². The number of hydrogen-bond donors (Lipinski definition) is 0. The van der Waals surface area contributed by atoms with Crippen LogP contribution in [0.1, 0.15) is 24.0 Å². The minimum Gasteiger partial charge on any atom is -0.310 e. The molecule has 284 valence electrons. The van der Waals surface area contributed by atoms with Gasteiger partial charge in [-0.25, -0.2) is 0 Å². The van der Waals surface area contributed by atoms with Gasteiger partial charge in [-0.3, -0.25) is 0 Å². The van der Waals surface area contributed by atoms with Crippen molar-refractivity contribution in [2.75, 3.05) is 4.90 Å². The summed E-state index contributed by atoms with van der Waals surface area (Å²) in [6.07, 6.45) is 6.86. The second-order valence-corrected chi connectivity index (χ2v) is 15.7. The molecular formula is C58H42N2. The molecule has 0 N–H and O–H groups in total. The molecule has 9 aromatic carbocycles. The van der Waals surface area contributed by atoms with Gasteiger partial charge in [-0.05, 0) is 129 Å². The van der Waals surface area contributed by atoms with Crippen molar-refractivity contribution in [1.29, 1.82) is 0 Å². The number of fused-ring (bicyclic) bond motifs is 4. The second-order valence-electron chi connectivity index (χ2n) is 15.7. The van der Waals surface area contributed by atoms with Gasteiger partial charge in [-0.1, -0.05) is 170 Å². The van der Waals surface area contributed by atoms with Crippen molar-refractivity contribution < 1.29 is 0 Å². The lowest BCUT2D eigenvalue weighted by Crippen LogP contribution is -2.10. The molecule has 0 atom stereocenters. The third kappa shape index (κ3) is 6.49. The summed E-state index contributed by atoms with van der Waals surface area (Å²) in [6.45, 7) is 0. The lowest BCUT2D eigenvalue weighted by atomic mass is 9.88. The van der Waals surface area contributed by atoms with Crippen LogP contribution in [0, 0.1) is 0 Å². The normalized spacial score (nSPS) is 12.7. The van der Waals surface area contributed by atoms with E-state index in [2.05, 4.69) is 240 Å². The minimum atomic E-state index is 1.02. The lowest BCUT2D eigenvalue weighted by molar-refractivity contribution is 1.06. The molecule has 0 spiro atoms. The smallest absolute Gasteiger partial charge is 0.0541 e. The Kier molecular flexibility index (Phi) is 9.02. The van der Waals surface area contributed by atoms with E-state index >= 15 is 0 Å². The lowest BCUT2D eigenvalue weighted by Gasteiger charge is -2.27. The first-order chi connectivity index (χ1) is 29.7. The molecule has 0 saturated carbocycles. The van der Waals surface area contributed by atoms with Crippen LogP contribution in [0.25, 0.3) is 71.7 Å². The highest BCUT2D eigenvalue weighted by Gasteiger charge is 2.18. The molecule has 0 fully saturated rings. The predicted molar refractivity (Wildman–Crippen MR) is 255 cm³/mol. The van der Waals surface area contributed by atoms with Gasteiger partial charge in [0.25, 0.3) is 0 Å². The van der Waals surface area contributed by atoms with Crippen molar-refractivity contribution in [1.82, 2.24) is 4.57 Å². The van der Waals surface area contributed by atoms with Crippen molar-refractivity contribution in [3.8, 4) is 27.9 Å². The molecule has 2 heteroatoms. The van der Waals surface area contributed by atoms with Crippen LogP contribution in [-0.2, 0) is 0 Å². The van der Waals surface area contributed by atoms with E-state index in [0.29, 0.717) is 0 Å². The topological polar surface area (TPSA) is 8.17 Å². The van der Waals surface area contributed by atoms with Crippen LogP contribution in [0.5, 0.6) is 0 Å². The zero-order chi connectivity index (χ0) is 39.8. The average molecular weight is 767 g/mol. The van der Waals surface area contributed by atoms with E-state index in [4.69, 9.17) is 0 Å². The Labute approximate surface area is 351 Å². The first-order valence-electron chi connectivity index (χ1n) is 20.9. The quantitative estimate of drug-likeness (QED) is 0.150. The molecule has 0 aliphatic heterocycles. The van der Waals surface area contributed by atoms with Gasteiger partial charge in [0.2, 0.25) is 0 Å².